The second-order valence-electron chi connectivity index (χ2n) is 0.471. The summed E-state index contributed by atoms with van der Waals surface area (Å²) in [6.07, 6.45) is 0. The maximum atomic E-state index is 4.85. The molecule has 4 N–H and O–H groups in total. The van der Waals surface area contributed by atoms with Gasteiger partial charge in [0.15, 0.2) is 0 Å². The Bertz CT molecular complexity index is 9.61. The van der Waals surface area contributed by atoms with Gasteiger partial charge in [0.05, 0.1) is 0 Å². The number of hydrogen-bond donors (Lipinski definition) is 2. The first kappa shape index (κ1) is 9.10. The first-order valence-corrected chi connectivity index (χ1v) is 1.15. The second kappa shape index (κ2) is 8.82. The van der Waals surface area contributed by atoms with Gasteiger partial charge in [0.25, 0.3) is 0 Å². The molecular formula is C2H7LiN2. The minimum atomic E-state index is 0. The van der Waals surface area contributed by atoms with Crippen LogP contribution in [0, 0.1) is 6.54 Å². The normalized spacial score (nSPS) is 6.00. The quantitative estimate of drug-likeness (QED) is 0.242. The summed E-state index contributed by atoms with van der Waals surface area (Å²) in [6, 6.07) is 0. The molecule has 0 saturated carbocycles. The minimum Gasteiger partial charge on any atom is -0.482 e. The van der Waals surface area contributed by atoms with Crippen LogP contribution in [0.5, 0.6) is 0 Å². The molecule has 0 fully saturated rings. The zero-order valence-corrected chi connectivity index (χ0v) is 3.44. The van der Waals surface area contributed by atoms with E-state index in [2.05, 4.69) is 0 Å². The van der Waals surface area contributed by atoms with Crippen LogP contribution in [0.4, 0.5) is 0 Å². The largest absolute Gasteiger partial charge is 1.00 e. The molecule has 0 aromatic heterocycles. The molecule has 0 aromatic rings. The van der Waals surface area contributed by atoms with Crippen molar-refractivity contribution >= 4 is 0 Å². The Morgan fingerprint density at radius 3 is 1.80 bits per heavy atom. The van der Waals surface area contributed by atoms with Crippen LogP contribution < -0.4 is 30.3 Å². The molecule has 0 bridgehead atoms. The molecule has 0 aromatic carbocycles. The van der Waals surface area contributed by atoms with E-state index >= 15 is 0 Å². The van der Waals surface area contributed by atoms with Crippen LogP contribution in [0.15, 0.2) is 0 Å². The third-order valence-electron chi connectivity index (χ3n) is 0.136. The van der Waals surface area contributed by atoms with E-state index in [0.717, 1.165) is 0 Å². The summed E-state index contributed by atoms with van der Waals surface area (Å²) in [6.45, 7) is 1.88. The van der Waals surface area contributed by atoms with Gasteiger partial charge in [-0.2, -0.15) is 0 Å². The maximum Gasteiger partial charge on any atom is 1.00 e. The smallest absolute Gasteiger partial charge is 0.482 e. The van der Waals surface area contributed by atoms with Gasteiger partial charge in [-0.1, -0.05) is 0 Å². The Morgan fingerprint density at radius 2 is 1.80 bits per heavy atom. The van der Waals surface area contributed by atoms with Gasteiger partial charge in [-0.3, -0.25) is 6.54 Å². The topological polar surface area (TPSA) is 52.0 Å². The Hall–Kier alpha value is 0.517. The SMILES string of the molecule is N[CH-]CN.[Li+]. The third-order valence-corrected chi connectivity index (χ3v) is 0.136. The van der Waals surface area contributed by atoms with Crippen molar-refractivity contribution in [3.63, 3.8) is 0 Å². The van der Waals surface area contributed by atoms with Gasteiger partial charge in [-0.15, -0.1) is 6.54 Å². The summed E-state index contributed by atoms with van der Waals surface area (Å²) in [5, 5.41) is 0. The molecule has 0 amide bonds. The number of nitrogens with two attached hydrogens (primary N) is 2. The molecule has 5 heavy (non-hydrogen) atoms. The van der Waals surface area contributed by atoms with E-state index in [4.69, 9.17) is 11.5 Å². The summed E-state index contributed by atoms with van der Waals surface area (Å²) in [5.74, 6) is 0. The van der Waals surface area contributed by atoms with Gasteiger partial charge >= 0.3 is 18.9 Å². The zero-order valence-electron chi connectivity index (χ0n) is 3.44. The van der Waals surface area contributed by atoms with E-state index < -0.39 is 0 Å². The predicted molar refractivity (Wildman–Crippen MR) is 17.5 cm³/mol. The fraction of sp³-hybridized carbons (Fsp3) is 0.500. The van der Waals surface area contributed by atoms with E-state index in [-0.39, 0.29) is 18.9 Å². The fourth-order valence-corrected chi connectivity index (χ4v) is 0. The van der Waals surface area contributed by atoms with Crippen molar-refractivity contribution in [2.45, 2.75) is 0 Å². The summed E-state index contributed by atoms with van der Waals surface area (Å²) in [7, 11) is 0. The molecule has 2 nitrogen and oxygen atoms in total. The van der Waals surface area contributed by atoms with Crippen molar-refractivity contribution in [1.29, 1.82) is 0 Å². The van der Waals surface area contributed by atoms with Crippen LogP contribution in [0.1, 0.15) is 0 Å². The summed E-state index contributed by atoms with van der Waals surface area (Å²) in [5.41, 5.74) is 9.62. The van der Waals surface area contributed by atoms with Gasteiger partial charge < -0.3 is 11.5 Å². The summed E-state index contributed by atoms with van der Waals surface area (Å²) < 4.78 is 0. The average Bonchev–Trinajstić information content (AvgIpc) is 1.37. The maximum absolute atomic E-state index is 4.85. The van der Waals surface area contributed by atoms with Gasteiger partial charge in [-0.05, 0) is 0 Å². The molecule has 0 aliphatic carbocycles. The molecular weight excluding hydrogens is 59.0 g/mol. The van der Waals surface area contributed by atoms with E-state index in [1.807, 2.05) is 0 Å². The van der Waals surface area contributed by atoms with Crippen molar-refractivity contribution in [3.05, 3.63) is 6.54 Å². The van der Waals surface area contributed by atoms with Crippen LogP contribution in [0.25, 0.3) is 0 Å². The van der Waals surface area contributed by atoms with Crippen molar-refractivity contribution in [2.75, 3.05) is 6.54 Å². The molecule has 0 spiro atoms. The second-order valence-corrected chi connectivity index (χ2v) is 0.471. The van der Waals surface area contributed by atoms with E-state index in [1.165, 1.54) is 6.54 Å². The molecule has 26 valence electrons. The van der Waals surface area contributed by atoms with E-state index in [9.17, 15) is 0 Å². The Labute approximate surface area is 44.1 Å². The molecule has 0 aliphatic heterocycles. The Morgan fingerprint density at radius 1 is 1.60 bits per heavy atom. The molecule has 0 unspecified atom stereocenters. The van der Waals surface area contributed by atoms with Crippen molar-refractivity contribution in [3.8, 4) is 0 Å². The monoisotopic (exact) mass is 66.1 g/mol. The number of rotatable bonds is 1. The van der Waals surface area contributed by atoms with Crippen LogP contribution >= 0.6 is 0 Å². The van der Waals surface area contributed by atoms with E-state index in [0.29, 0.717) is 6.54 Å². The Balaban J connectivity index is 0. The van der Waals surface area contributed by atoms with Gasteiger partial charge in [-0.25, -0.2) is 0 Å². The molecule has 3 heteroatoms. The van der Waals surface area contributed by atoms with Gasteiger partial charge in [0.2, 0.25) is 0 Å². The molecule has 0 heterocycles. The molecule has 0 aliphatic rings. The molecule has 0 saturated heterocycles. The number of hydrogen-bond acceptors (Lipinski definition) is 2. The first-order valence-electron chi connectivity index (χ1n) is 1.15. The van der Waals surface area contributed by atoms with Gasteiger partial charge in [0, 0.05) is 0 Å². The van der Waals surface area contributed by atoms with Crippen LogP contribution in [-0.4, -0.2) is 6.54 Å². The molecule has 0 radical (unpaired) electrons. The van der Waals surface area contributed by atoms with Crippen LogP contribution in [-0.2, 0) is 0 Å². The van der Waals surface area contributed by atoms with Gasteiger partial charge in [0.1, 0.15) is 0 Å². The van der Waals surface area contributed by atoms with Crippen LogP contribution in [0.3, 0.4) is 0 Å². The predicted octanol–water partition coefficient (Wildman–Crippen LogP) is -3.93. The average molecular weight is 66.0 g/mol. The Kier molecular flexibility index (Phi) is 16.1. The summed E-state index contributed by atoms with van der Waals surface area (Å²) >= 11 is 0. The summed E-state index contributed by atoms with van der Waals surface area (Å²) in [4.78, 5) is 0. The van der Waals surface area contributed by atoms with Crippen molar-refractivity contribution in [2.24, 2.45) is 11.5 Å². The molecule has 0 rings (SSSR count). The standard InChI is InChI=1S/C2H7N2.Li/c3-1-2-4;/h1H,2-4H2;/q-1;+1. The first-order chi connectivity index (χ1) is 1.91. The minimum absolute atomic E-state index is 0. The molecule has 0 atom stereocenters. The van der Waals surface area contributed by atoms with E-state index in [1.54, 1.807) is 0 Å². The van der Waals surface area contributed by atoms with Crippen molar-refractivity contribution < 1.29 is 18.9 Å². The fourth-order valence-electron chi connectivity index (χ4n) is 0. The van der Waals surface area contributed by atoms with Crippen LogP contribution in [0.2, 0.25) is 0 Å². The van der Waals surface area contributed by atoms with Crippen molar-refractivity contribution in [1.82, 2.24) is 0 Å². The third kappa shape index (κ3) is 12.4. The zero-order chi connectivity index (χ0) is 3.41.